The fourth-order valence-corrected chi connectivity index (χ4v) is 0.628. The maximum Gasteiger partial charge on any atom is 0.305 e. The van der Waals surface area contributed by atoms with Crippen LogP contribution in [0.1, 0.15) is 6.92 Å². The van der Waals surface area contributed by atoms with E-state index in [0.717, 1.165) is 6.54 Å². The third-order valence-corrected chi connectivity index (χ3v) is 0.955. The van der Waals surface area contributed by atoms with Crippen LogP contribution in [0, 0.1) is 0 Å². The summed E-state index contributed by atoms with van der Waals surface area (Å²) in [6.45, 7) is 2.71. The molecule has 0 unspecified atom stereocenters. The van der Waals surface area contributed by atoms with Gasteiger partial charge < -0.3 is 9.47 Å². The van der Waals surface area contributed by atoms with E-state index in [1.807, 2.05) is 0 Å². The van der Waals surface area contributed by atoms with Crippen LogP contribution >= 0.6 is 0 Å². The summed E-state index contributed by atoms with van der Waals surface area (Å²) in [5.74, 6) is -0.325. The second-order valence-electron chi connectivity index (χ2n) is 1.77. The first-order chi connectivity index (χ1) is 4.29. The van der Waals surface area contributed by atoms with Crippen molar-refractivity contribution in [2.24, 2.45) is 0 Å². The van der Waals surface area contributed by atoms with Gasteiger partial charge in [-0.15, -0.1) is 0 Å². The van der Waals surface area contributed by atoms with E-state index >= 15 is 0 Å². The van der Waals surface area contributed by atoms with E-state index in [9.17, 15) is 4.79 Å². The second-order valence-corrected chi connectivity index (χ2v) is 1.77. The zero-order chi connectivity index (χ0) is 6.69. The number of carbonyl (C=O) groups excluding carboxylic acids is 1. The molecule has 1 N–H and O–H groups in total. The molecule has 1 atom stereocenters. The Balaban J connectivity index is 2.19. The monoisotopic (exact) mass is 131 g/mol. The number of nitrogens with one attached hydrogen (secondary N) is 1. The Hall–Kier alpha value is -0.610. The van der Waals surface area contributed by atoms with E-state index in [1.165, 1.54) is 6.92 Å². The van der Waals surface area contributed by atoms with E-state index in [1.54, 1.807) is 0 Å². The summed E-state index contributed by atoms with van der Waals surface area (Å²) in [5, 5.41) is 2.82. The van der Waals surface area contributed by atoms with Gasteiger partial charge in [-0.05, 0) is 0 Å². The second kappa shape index (κ2) is 2.80. The average molecular weight is 131 g/mol. The molecule has 4 heteroatoms. The number of rotatable bonds is 1. The van der Waals surface area contributed by atoms with Crippen molar-refractivity contribution < 1.29 is 14.3 Å². The van der Waals surface area contributed by atoms with Crippen LogP contribution in [0.3, 0.4) is 0 Å². The van der Waals surface area contributed by atoms with Crippen molar-refractivity contribution in [3.63, 3.8) is 0 Å². The van der Waals surface area contributed by atoms with Gasteiger partial charge >= 0.3 is 5.97 Å². The lowest BCUT2D eigenvalue weighted by molar-refractivity contribution is -0.170. The molecule has 0 aromatic carbocycles. The molecule has 9 heavy (non-hydrogen) atoms. The lowest BCUT2D eigenvalue weighted by Gasteiger charge is -2.07. The van der Waals surface area contributed by atoms with Crippen LogP contribution in [-0.2, 0) is 14.3 Å². The molecule has 1 saturated heterocycles. The summed E-state index contributed by atoms with van der Waals surface area (Å²) >= 11 is 0. The van der Waals surface area contributed by atoms with Crippen molar-refractivity contribution in [1.82, 2.24) is 5.32 Å². The van der Waals surface area contributed by atoms with E-state index in [0.29, 0.717) is 6.61 Å². The largest absolute Gasteiger partial charge is 0.422 e. The number of carbonyl (C=O) groups is 1. The van der Waals surface area contributed by atoms with E-state index in [-0.39, 0.29) is 5.97 Å². The third-order valence-electron chi connectivity index (χ3n) is 0.955. The fourth-order valence-electron chi connectivity index (χ4n) is 0.628. The molecule has 1 rings (SSSR count). The van der Waals surface area contributed by atoms with Crippen molar-refractivity contribution in [1.29, 1.82) is 0 Å². The van der Waals surface area contributed by atoms with Gasteiger partial charge in [-0.2, -0.15) is 0 Å². The molecule has 0 bridgehead atoms. The molecule has 4 nitrogen and oxygen atoms in total. The molecule has 1 aliphatic heterocycles. The van der Waals surface area contributed by atoms with Gasteiger partial charge in [-0.1, -0.05) is 0 Å². The van der Waals surface area contributed by atoms with Gasteiger partial charge in [0.2, 0.25) is 0 Å². The van der Waals surface area contributed by atoms with Crippen LogP contribution in [-0.4, -0.2) is 25.5 Å². The topological polar surface area (TPSA) is 47.6 Å². The van der Waals surface area contributed by atoms with Gasteiger partial charge in [-0.25, -0.2) is 0 Å². The molecule has 1 fully saturated rings. The predicted octanol–water partition coefficient (Wildman–Crippen LogP) is -0.547. The van der Waals surface area contributed by atoms with Crippen LogP contribution in [0.15, 0.2) is 0 Å². The number of ether oxygens (including phenoxy) is 2. The van der Waals surface area contributed by atoms with Crippen LogP contribution in [0.5, 0.6) is 0 Å². The minimum atomic E-state index is -0.512. The first-order valence-corrected chi connectivity index (χ1v) is 2.81. The molecule has 1 heterocycles. The Bertz CT molecular complexity index is 109. The smallest absolute Gasteiger partial charge is 0.305 e. The Morgan fingerprint density at radius 2 is 2.67 bits per heavy atom. The summed E-state index contributed by atoms with van der Waals surface area (Å²) in [6.07, 6.45) is -0.512. The first kappa shape index (κ1) is 6.51. The summed E-state index contributed by atoms with van der Waals surface area (Å²) in [7, 11) is 0. The molecule has 0 spiro atoms. The third kappa shape index (κ3) is 1.99. The van der Waals surface area contributed by atoms with E-state index in [4.69, 9.17) is 4.74 Å². The standard InChI is InChI=1S/C5H9NO3/c1-4(7)9-5-6-2-3-8-5/h5-6H,2-3H2,1H3/t5-/m0/s1. The molecule has 1 aliphatic rings. The summed E-state index contributed by atoms with van der Waals surface area (Å²) in [5.41, 5.74) is 0. The van der Waals surface area contributed by atoms with E-state index < -0.39 is 6.41 Å². The Morgan fingerprint density at radius 3 is 3.11 bits per heavy atom. The number of hydrogen-bond donors (Lipinski definition) is 1. The van der Waals surface area contributed by atoms with Gasteiger partial charge in [0, 0.05) is 13.5 Å². The van der Waals surface area contributed by atoms with Crippen molar-refractivity contribution >= 4 is 5.97 Å². The molecule has 0 aromatic rings. The lowest BCUT2D eigenvalue weighted by atomic mass is 10.7. The van der Waals surface area contributed by atoms with Crippen molar-refractivity contribution in [2.75, 3.05) is 13.2 Å². The fraction of sp³-hybridized carbons (Fsp3) is 0.800. The van der Waals surface area contributed by atoms with Crippen molar-refractivity contribution in [3.05, 3.63) is 0 Å². The maximum absolute atomic E-state index is 10.3. The van der Waals surface area contributed by atoms with Gasteiger partial charge in [0.1, 0.15) is 0 Å². The van der Waals surface area contributed by atoms with E-state index in [2.05, 4.69) is 10.1 Å². The molecule has 0 amide bonds. The van der Waals surface area contributed by atoms with Crippen LogP contribution in [0.4, 0.5) is 0 Å². The van der Waals surface area contributed by atoms with Gasteiger partial charge in [-0.3, -0.25) is 10.1 Å². The van der Waals surface area contributed by atoms with Gasteiger partial charge in [0.05, 0.1) is 6.61 Å². The number of hydrogen-bond acceptors (Lipinski definition) is 4. The highest BCUT2D eigenvalue weighted by Gasteiger charge is 2.15. The maximum atomic E-state index is 10.3. The van der Waals surface area contributed by atoms with Crippen LogP contribution in [0.25, 0.3) is 0 Å². The molecular weight excluding hydrogens is 122 g/mol. The normalized spacial score (nSPS) is 26.1. The highest BCUT2D eigenvalue weighted by atomic mass is 16.7. The Kier molecular flexibility index (Phi) is 2.02. The SMILES string of the molecule is CC(=O)O[C@H]1NCCO1. The summed E-state index contributed by atoms with van der Waals surface area (Å²) in [4.78, 5) is 10.3. The van der Waals surface area contributed by atoms with Crippen LogP contribution in [0.2, 0.25) is 0 Å². The quantitative estimate of drug-likeness (QED) is 0.485. The first-order valence-electron chi connectivity index (χ1n) is 2.81. The molecule has 0 saturated carbocycles. The summed E-state index contributed by atoms with van der Waals surface area (Å²) in [6, 6.07) is 0. The summed E-state index contributed by atoms with van der Waals surface area (Å²) < 4.78 is 9.55. The minimum absolute atomic E-state index is 0.325. The molecule has 52 valence electrons. The van der Waals surface area contributed by atoms with Gasteiger partial charge in [0.15, 0.2) is 0 Å². The highest BCUT2D eigenvalue weighted by Crippen LogP contribution is 1.96. The van der Waals surface area contributed by atoms with Gasteiger partial charge in [0.25, 0.3) is 6.41 Å². The molecular formula is C5H9NO3. The van der Waals surface area contributed by atoms with Crippen molar-refractivity contribution in [3.8, 4) is 0 Å². The molecule has 0 aliphatic carbocycles. The number of esters is 1. The zero-order valence-electron chi connectivity index (χ0n) is 5.22. The van der Waals surface area contributed by atoms with Crippen LogP contribution < -0.4 is 5.32 Å². The predicted molar refractivity (Wildman–Crippen MR) is 29.5 cm³/mol. The average Bonchev–Trinajstić information content (AvgIpc) is 2.15. The molecule has 0 aromatic heterocycles. The zero-order valence-corrected chi connectivity index (χ0v) is 5.22. The lowest BCUT2D eigenvalue weighted by Crippen LogP contribution is -2.27. The highest BCUT2D eigenvalue weighted by molar-refractivity contribution is 5.65. The Morgan fingerprint density at radius 1 is 1.89 bits per heavy atom. The molecule has 0 radical (unpaired) electrons. The van der Waals surface area contributed by atoms with Crippen molar-refractivity contribution in [2.45, 2.75) is 13.3 Å². The Labute approximate surface area is 53.1 Å². The minimum Gasteiger partial charge on any atom is -0.422 e.